The van der Waals surface area contributed by atoms with E-state index in [9.17, 15) is 9.59 Å². The van der Waals surface area contributed by atoms with E-state index < -0.39 is 5.97 Å². The molecule has 0 saturated heterocycles. The number of nitriles is 1. The zero-order valence-electron chi connectivity index (χ0n) is 11.7. The molecule has 0 spiro atoms. The summed E-state index contributed by atoms with van der Waals surface area (Å²) >= 11 is 0. The number of nitrogens with zero attached hydrogens (tertiary/aromatic N) is 3. The van der Waals surface area contributed by atoms with Crippen molar-refractivity contribution in [1.29, 1.82) is 5.26 Å². The lowest BCUT2D eigenvalue weighted by Crippen LogP contribution is -2.40. The van der Waals surface area contributed by atoms with Crippen LogP contribution in [0.25, 0.3) is 0 Å². The number of aliphatic carboxylic acids is 1. The Morgan fingerprint density at radius 1 is 1.48 bits per heavy atom. The first-order chi connectivity index (χ1) is 10.1. The van der Waals surface area contributed by atoms with Gasteiger partial charge in [0, 0.05) is 38.4 Å². The number of aromatic nitrogens is 1. The van der Waals surface area contributed by atoms with Crippen LogP contribution in [0.2, 0.25) is 0 Å². The molecule has 1 aromatic rings. The average Bonchev–Trinajstić information content (AvgIpc) is 2.48. The van der Waals surface area contributed by atoms with Crippen molar-refractivity contribution in [3.05, 3.63) is 30.1 Å². The number of rotatable bonds is 8. The fraction of sp³-hybridized carbons (Fsp3) is 0.429. The zero-order chi connectivity index (χ0) is 15.5. The summed E-state index contributed by atoms with van der Waals surface area (Å²) in [5.74, 6) is -0.888. The molecule has 1 rings (SSSR count). The summed E-state index contributed by atoms with van der Waals surface area (Å²) in [5.41, 5.74) is 0.871. The van der Waals surface area contributed by atoms with Crippen LogP contribution in [-0.4, -0.2) is 40.1 Å². The number of hydrogen-bond acceptors (Lipinski definition) is 4. The molecule has 1 aromatic heterocycles. The number of nitrogens with one attached hydrogen (secondary N) is 1. The SMILES string of the molecule is N#CCCN(Cc1cccnc1)C(=O)NCCCC(=O)O. The standard InChI is InChI=1S/C14H18N4O3/c15-6-3-9-18(11-12-4-1-7-16-10-12)14(21)17-8-2-5-13(19)20/h1,4,7,10H,2-3,5,8-9,11H2,(H,17,21)(H,19,20). The van der Waals surface area contributed by atoms with E-state index in [0.29, 0.717) is 26.1 Å². The third-order valence-corrected chi connectivity index (χ3v) is 2.72. The number of amides is 2. The van der Waals surface area contributed by atoms with Crippen molar-refractivity contribution in [1.82, 2.24) is 15.2 Å². The number of carboxylic acids is 1. The maximum absolute atomic E-state index is 12.0. The third kappa shape index (κ3) is 6.92. The Balaban J connectivity index is 2.50. The molecule has 0 aliphatic carbocycles. The third-order valence-electron chi connectivity index (χ3n) is 2.72. The zero-order valence-corrected chi connectivity index (χ0v) is 11.7. The minimum atomic E-state index is -0.888. The van der Waals surface area contributed by atoms with Gasteiger partial charge in [-0.1, -0.05) is 6.07 Å². The Kier molecular flexibility index (Phi) is 7.29. The lowest BCUT2D eigenvalue weighted by molar-refractivity contribution is -0.137. The molecular formula is C14H18N4O3. The van der Waals surface area contributed by atoms with Crippen molar-refractivity contribution in [3.63, 3.8) is 0 Å². The Morgan fingerprint density at radius 2 is 2.29 bits per heavy atom. The van der Waals surface area contributed by atoms with Crippen LogP contribution in [0.3, 0.4) is 0 Å². The molecule has 0 fully saturated rings. The topological polar surface area (TPSA) is 106 Å². The number of carbonyl (C=O) groups is 2. The predicted molar refractivity (Wildman–Crippen MR) is 75.1 cm³/mol. The monoisotopic (exact) mass is 290 g/mol. The lowest BCUT2D eigenvalue weighted by Gasteiger charge is -2.22. The first-order valence-electron chi connectivity index (χ1n) is 6.64. The summed E-state index contributed by atoms with van der Waals surface area (Å²) in [7, 11) is 0. The molecule has 0 unspecified atom stereocenters. The molecule has 2 N–H and O–H groups in total. The van der Waals surface area contributed by atoms with E-state index in [1.165, 1.54) is 4.90 Å². The van der Waals surface area contributed by atoms with Gasteiger partial charge in [0.25, 0.3) is 0 Å². The van der Waals surface area contributed by atoms with Crippen LogP contribution in [0.5, 0.6) is 0 Å². The second-order valence-electron chi connectivity index (χ2n) is 4.42. The van der Waals surface area contributed by atoms with Gasteiger partial charge in [-0.05, 0) is 18.1 Å². The van der Waals surface area contributed by atoms with Crippen LogP contribution in [0.15, 0.2) is 24.5 Å². The molecule has 21 heavy (non-hydrogen) atoms. The van der Waals surface area contributed by atoms with E-state index >= 15 is 0 Å². The fourth-order valence-electron chi connectivity index (χ4n) is 1.70. The van der Waals surface area contributed by atoms with Gasteiger partial charge in [-0.15, -0.1) is 0 Å². The molecule has 0 aliphatic rings. The van der Waals surface area contributed by atoms with E-state index in [0.717, 1.165) is 5.56 Å². The maximum atomic E-state index is 12.0. The van der Waals surface area contributed by atoms with Crippen LogP contribution in [-0.2, 0) is 11.3 Å². The normalized spacial score (nSPS) is 9.67. The first kappa shape index (κ1) is 16.4. The van der Waals surface area contributed by atoms with E-state index in [1.807, 2.05) is 12.1 Å². The smallest absolute Gasteiger partial charge is 0.317 e. The van der Waals surface area contributed by atoms with Gasteiger partial charge in [0.05, 0.1) is 12.5 Å². The van der Waals surface area contributed by atoms with Crippen molar-refractivity contribution < 1.29 is 14.7 Å². The van der Waals surface area contributed by atoms with E-state index in [-0.39, 0.29) is 18.9 Å². The van der Waals surface area contributed by atoms with Crippen LogP contribution >= 0.6 is 0 Å². The Labute approximate surface area is 123 Å². The van der Waals surface area contributed by atoms with Gasteiger partial charge < -0.3 is 15.3 Å². The summed E-state index contributed by atoms with van der Waals surface area (Å²) in [6, 6.07) is 5.33. The summed E-state index contributed by atoms with van der Waals surface area (Å²) in [6.45, 7) is 0.970. The van der Waals surface area contributed by atoms with Crippen molar-refractivity contribution in [2.24, 2.45) is 0 Å². The highest BCUT2D eigenvalue weighted by Gasteiger charge is 2.13. The largest absolute Gasteiger partial charge is 0.481 e. The number of carbonyl (C=O) groups excluding carboxylic acids is 1. The van der Waals surface area contributed by atoms with Crippen LogP contribution in [0.1, 0.15) is 24.8 Å². The highest BCUT2D eigenvalue weighted by molar-refractivity contribution is 5.74. The minimum Gasteiger partial charge on any atom is -0.481 e. The van der Waals surface area contributed by atoms with Crippen molar-refractivity contribution in [3.8, 4) is 6.07 Å². The molecule has 112 valence electrons. The summed E-state index contributed by atoms with van der Waals surface area (Å²) in [5, 5.41) is 19.8. The minimum absolute atomic E-state index is 0.0150. The molecule has 2 amide bonds. The summed E-state index contributed by atoms with van der Waals surface area (Å²) in [6.07, 6.45) is 3.94. The van der Waals surface area contributed by atoms with Crippen LogP contribution in [0.4, 0.5) is 4.79 Å². The summed E-state index contributed by atoms with van der Waals surface area (Å²) in [4.78, 5) is 27.9. The molecule has 0 saturated carbocycles. The Hall–Kier alpha value is -2.62. The lowest BCUT2D eigenvalue weighted by atomic mass is 10.2. The van der Waals surface area contributed by atoms with Gasteiger partial charge in [0.15, 0.2) is 0 Å². The van der Waals surface area contributed by atoms with Crippen LogP contribution in [0, 0.1) is 11.3 Å². The maximum Gasteiger partial charge on any atom is 0.317 e. The van der Waals surface area contributed by atoms with Gasteiger partial charge >= 0.3 is 12.0 Å². The molecule has 7 nitrogen and oxygen atoms in total. The van der Waals surface area contributed by atoms with Gasteiger partial charge in [0.1, 0.15) is 0 Å². The highest BCUT2D eigenvalue weighted by atomic mass is 16.4. The fourth-order valence-corrected chi connectivity index (χ4v) is 1.70. The molecule has 0 atom stereocenters. The van der Waals surface area contributed by atoms with Crippen molar-refractivity contribution >= 4 is 12.0 Å². The van der Waals surface area contributed by atoms with Gasteiger partial charge in [-0.25, -0.2) is 4.79 Å². The molecular weight excluding hydrogens is 272 g/mol. The molecule has 7 heteroatoms. The second kappa shape index (κ2) is 9.31. The number of carboxylic acid groups (broad SMARTS) is 1. The quantitative estimate of drug-likeness (QED) is 0.703. The highest BCUT2D eigenvalue weighted by Crippen LogP contribution is 2.04. The van der Waals surface area contributed by atoms with Gasteiger partial charge in [0.2, 0.25) is 0 Å². The van der Waals surface area contributed by atoms with E-state index in [4.69, 9.17) is 10.4 Å². The predicted octanol–water partition coefficient (Wildman–Crippen LogP) is 1.37. The van der Waals surface area contributed by atoms with Gasteiger partial charge in [-0.3, -0.25) is 9.78 Å². The van der Waals surface area contributed by atoms with Crippen molar-refractivity contribution in [2.45, 2.75) is 25.8 Å². The van der Waals surface area contributed by atoms with Gasteiger partial charge in [-0.2, -0.15) is 5.26 Å². The first-order valence-corrected chi connectivity index (χ1v) is 6.64. The summed E-state index contributed by atoms with van der Waals surface area (Å²) < 4.78 is 0. The van der Waals surface area contributed by atoms with Crippen LogP contribution < -0.4 is 5.32 Å². The molecule has 0 bridgehead atoms. The average molecular weight is 290 g/mol. The Morgan fingerprint density at radius 3 is 2.90 bits per heavy atom. The Bertz CT molecular complexity index is 499. The number of urea groups is 1. The number of pyridine rings is 1. The molecule has 0 aromatic carbocycles. The molecule has 0 radical (unpaired) electrons. The molecule has 1 heterocycles. The van der Waals surface area contributed by atoms with E-state index in [2.05, 4.69) is 10.3 Å². The van der Waals surface area contributed by atoms with E-state index in [1.54, 1.807) is 18.5 Å². The molecule has 0 aliphatic heterocycles. The number of hydrogen-bond donors (Lipinski definition) is 2. The second-order valence-corrected chi connectivity index (χ2v) is 4.42. The van der Waals surface area contributed by atoms with Crippen molar-refractivity contribution in [2.75, 3.05) is 13.1 Å².